The van der Waals surface area contributed by atoms with Gasteiger partial charge in [-0.2, -0.15) is 0 Å². The third-order valence-electron chi connectivity index (χ3n) is 5.25. The second-order valence-corrected chi connectivity index (χ2v) is 7.09. The van der Waals surface area contributed by atoms with Gasteiger partial charge in [-0.3, -0.25) is 4.68 Å². The molecule has 0 aliphatic rings. The molecule has 0 atom stereocenters. The number of para-hydroxylation sites is 1. The van der Waals surface area contributed by atoms with Crippen LogP contribution in [-0.4, -0.2) is 35.5 Å². The van der Waals surface area contributed by atoms with Gasteiger partial charge in [-0.1, -0.05) is 48.0 Å². The molecule has 0 N–H and O–H groups in total. The summed E-state index contributed by atoms with van der Waals surface area (Å²) in [6.45, 7) is 3.85. The van der Waals surface area contributed by atoms with Crippen molar-refractivity contribution < 1.29 is 19.1 Å². The Morgan fingerprint density at radius 3 is 2.13 bits per heavy atom. The van der Waals surface area contributed by atoms with Crippen molar-refractivity contribution in [3.05, 3.63) is 83.2 Å². The van der Waals surface area contributed by atoms with Gasteiger partial charge in [-0.15, -0.1) is 0 Å². The zero-order valence-electron chi connectivity index (χ0n) is 17.3. The first-order valence-electron chi connectivity index (χ1n) is 9.53. The number of benzene rings is 2. The molecule has 6 heteroatoms. The predicted molar refractivity (Wildman–Crippen MR) is 115 cm³/mol. The lowest BCUT2D eigenvalue weighted by Crippen LogP contribution is -2.19. The number of nitrogens with zero attached hydrogens (tertiary/aromatic N) is 2. The van der Waals surface area contributed by atoms with Crippen LogP contribution in [0.2, 0.25) is 0 Å². The first-order chi connectivity index (χ1) is 14.5. The highest BCUT2D eigenvalue weighted by atomic mass is 16.5. The Morgan fingerprint density at radius 2 is 1.47 bits per heavy atom. The summed E-state index contributed by atoms with van der Waals surface area (Å²) < 4.78 is 13.7. The van der Waals surface area contributed by atoms with Crippen molar-refractivity contribution in [3.63, 3.8) is 0 Å². The van der Waals surface area contributed by atoms with Gasteiger partial charge < -0.3 is 9.47 Å². The zero-order valence-corrected chi connectivity index (χ0v) is 17.3. The fourth-order valence-corrected chi connectivity index (χ4v) is 3.71. The van der Waals surface area contributed by atoms with Gasteiger partial charge in [-0.05, 0) is 32.0 Å². The molecule has 0 saturated carbocycles. The van der Waals surface area contributed by atoms with Crippen molar-refractivity contribution >= 4 is 22.8 Å². The van der Waals surface area contributed by atoms with E-state index in [1.807, 2.05) is 67.1 Å². The van der Waals surface area contributed by atoms with E-state index in [2.05, 4.69) is 0 Å². The molecule has 0 spiro atoms. The van der Waals surface area contributed by atoms with Gasteiger partial charge >= 0.3 is 11.9 Å². The van der Waals surface area contributed by atoms with Crippen LogP contribution >= 0.6 is 0 Å². The van der Waals surface area contributed by atoms with E-state index in [9.17, 15) is 9.59 Å². The summed E-state index contributed by atoms with van der Waals surface area (Å²) in [5, 5.41) is 0.889. The molecule has 4 rings (SSSR count). The van der Waals surface area contributed by atoms with Crippen molar-refractivity contribution in [3.8, 4) is 11.3 Å². The highest BCUT2D eigenvalue weighted by Crippen LogP contribution is 2.31. The van der Waals surface area contributed by atoms with E-state index in [0.29, 0.717) is 17.0 Å². The Kier molecular flexibility index (Phi) is 4.91. The summed E-state index contributed by atoms with van der Waals surface area (Å²) in [6.07, 6.45) is 0. The number of aryl methyl sites for hydroxylation is 1. The Bertz CT molecular complexity index is 1260. The van der Waals surface area contributed by atoms with Crippen molar-refractivity contribution in [2.75, 3.05) is 14.2 Å². The lowest BCUT2D eigenvalue weighted by Gasteiger charge is -2.17. The number of fused-ring (bicyclic) bond motifs is 1. The Labute approximate surface area is 174 Å². The number of rotatable bonds is 4. The van der Waals surface area contributed by atoms with E-state index in [-0.39, 0.29) is 0 Å². The van der Waals surface area contributed by atoms with E-state index in [0.717, 1.165) is 27.7 Å². The number of hydrogen-bond acceptors (Lipinski definition) is 4. The third kappa shape index (κ3) is 3.06. The van der Waals surface area contributed by atoms with Gasteiger partial charge in [-0.25, -0.2) is 14.3 Å². The van der Waals surface area contributed by atoms with Gasteiger partial charge in [0.15, 0.2) is 0 Å². The van der Waals surface area contributed by atoms with Gasteiger partial charge in [0.2, 0.25) is 0 Å². The van der Waals surface area contributed by atoms with E-state index in [4.69, 9.17) is 9.47 Å². The average Bonchev–Trinajstić information content (AvgIpc) is 3.30. The number of aromatic nitrogens is 2. The van der Waals surface area contributed by atoms with E-state index in [1.165, 1.54) is 14.2 Å². The molecular weight excluding hydrogens is 380 g/mol. The van der Waals surface area contributed by atoms with Crippen LogP contribution in [0.25, 0.3) is 22.2 Å². The van der Waals surface area contributed by atoms with Crippen LogP contribution in [0.4, 0.5) is 0 Å². The van der Waals surface area contributed by atoms with Crippen molar-refractivity contribution in [2.45, 2.75) is 13.8 Å². The number of hydrogen-bond donors (Lipinski definition) is 0. The fourth-order valence-electron chi connectivity index (χ4n) is 3.71. The number of carbonyl (C=O) groups is 2. The third-order valence-corrected chi connectivity index (χ3v) is 5.25. The molecule has 2 aromatic carbocycles. The summed E-state index contributed by atoms with van der Waals surface area (Å²) in [5.41, 5.74) is 5.07. The molecule has 2 heterocycles. The molecule has 0 amide bonds. The van der Waals surface area contributed by atoms with Crippen molar-refractivity contribution in [1.82, 2.24) is 9.35 Å². The van der Waals surface area contributed by atoms with Crippen LogP contribution < -0.4 is 0 Å². The second-order valence-electron chi connectivity index (χ2n) is 7.09. The van der Waals surface area contributed by atoms with E-state index >= 15 is 0 Å². The quantitative estimate of drug-likeness (QED) is 0.468. The topological polar surface area (TPSA) is 62.5 Å². The molecule has 0 radical (unpaired) electrons. The first kappa shape index (κ1) is 19.5. The first-order valence-corrected chi connectivity index (χ1v) is 9.53. The van der Waals surface area contributed by atoms with Crippen LogP contribution in [-0.2, 0) is 9.47 Å². The fraction of sp³-hybridized carbons (Fsp3) is 0.167. The van der Waals surface area contributed by atoms with Crippen LogP contribution in [0.15, 0.2) is 60.7 Å². The predicted octanol–water partition coefficient (Wildman–Crippen LogP) is 4.61. The average molecular weight is 402 g/mol. The summed E-state index contributed by atoms with van der Waals surface area (Å²) in [6, 6.07) is 19.3. The smallest absolute Gasteiger partial charge is 0.356 e. The lowest BCUT2D eigenvalue weighted by atomic mass is 10.1. The highest BCUT2D eigenvalue weighted by Gasteiger charge is 2.25. The maximum atomic E-state index is 12.6. The molecule has 30 heavy (non-hydrogen) atoms. The minimum Gasteiger partial charge on any atom is -0.465 e. The normalized spacial score (nSPS) is 10.9. The Hall–Kier alpha value is -3.80. The molecule has 0 aliphatic heterocycles. The molecule has 0 saturated heterocycles. The summed E-state index contributed by atoms with van der Waals surface area (Å²) in [7, 11) is 2.71. The SMILES string of the molecule is COC(=O)c1cc(-c2ccc(C)cc2)n(-n2c(C(=O)OC)cc3ccccc32)c1C. The monoisotopic (exact) mass is 402 g/mol. The maximum absolute atomic E-state index is 12.6. The largest absolute Gasteiger partial charge is 0.465 e. The number of carbonyl (C=O) groups excluding carboxylic acids is 2. The zero-order chi connectivity index (χ0) is 21.4. The van der Waals surface area contributed by atoms with E-state index in [1.54, 1.807) is 16.8 Å². The summed E-state index contributed by atoms with van der Waals surface area (Å²) in [5.74, 6) is -0.899. The molecule has 152 valence electrons. The molecular formula is C24H22N2O4. The molecule has 0 unspecified atom stereocenters. The molecule has 2 aromatic heterocycles. The maximum Gasteiger partial charge on any atom is 0.356 e. The van der Waals surface area contributed by atoms with Gasteiger partial charge in [0.25, 0.3) is 0 Å². The molecule has 6 nitrogen and oxygen atoms in total. The van der Waals surface area contributed by atoms with Crippen molar-refractivity contribution in [2.24, 2.45) is 0 Å². The van der Waals surface area contributed by atoms with Gasteiger partial charge in [0.05, 0.1) is 36.7 Å². The second kappa shape index (κ2) is 7.55. The van der Waals surface area contributed by atoms with Crippen LogP contribution in [0.5, 0.6) is 0 Å². The summed E-state index contributed by atoms with van der Waals surface area (Å²) in [4.78, 5) is 25.1. The van der Waals surface area contributed by atoms with Crippen LogP contribution in [0.3, 0.4) is 0 Å². The number of ether oxygens (including phenoxy) is 2. The van der Waals surface area contributed by atoms with Gasteiger partial charge in [0.1, 0.15) is 5.69 Å². The van der Waals surface area contributed by atoms with E-state index < -0.39 is 11.9 Å². The minimum atomic E-state index is -0.464. The molecule has 4 aromatic rings. The molecule has 0 bridgehead atoms. The molecule has 0 fully saturated rings. The van der Waals surface area contributed by atoms with Crippen LogP contribution in [0, 0.1) is 13.8 Å². The highest BCUT2D eigenvalue weighted by molar-refractivity contribution is 5.96. The minimum absolute atomic E-state index is 0.363. The number of esters is 2. The standard InChI is InChI=1S/C24H22N2O4/c1-15-9-11-17(12-10-15)21-14-19(23(27)29-3)16(2)25(21)26-20-8-6-5-7-18(20)13-22(26)24(28)30-4/h5-14H,1-4H3. The Balaban J connectivity index is 2.10. The summed E-state index contributed by atoms with van der Waals surface area (Å²) >= 11 is 0. The van der Waals surface area contributed by atoms with Crippen LogP contribution in [0.1, 0.15) is 32.1 Å². The number of methoxy groups -OCH3 is 2. The van der Waals surface area contributed by atoms with Gasteiger partial charge in [0, 0.05) is 10.9 Å². The Morgan fingerprint density at radius 1 is 0.800 bits per heavy atom. The van der Waals surface area contributed by atoms with Crippen molar-refractivity contribution in [1.29, 1.82) is 0 Å². The lowest BCUT2D eigenvalue weighted by molar-refractivity contribution is 0.0585. The molecule has 0 aliphatic carbocycles.